The predicted molar refractivity (Wildman–Crippen MR) is 75.5 cm³/mol. The SMILES string of the molecule is O=C1C[C@@H](COP(O)(O)=S)O[C@H]1n1cnn2ccnc2c1=O. The topological polar surface area (TPSA) is 128 Å². The molecule has 0 amide bonds. The molecule has 0 aliphatic carbocycles. The van der Waals surface area contributed by atoms with E-state index in [-0.39, 0.29) is 24.5 Å². The summed E-state index contributed by atoms with van der Waals surface area (Å²) in [6.45, 7) is -4.07. The van der Waals surface area contributed by atoms with Crippen molar-refractivity contribution in [1.29, 1.82) is 0 Å². The van der Waals surface area contributed by atoms with Crippen LogP contribution in [0.1, 0.15) is 12.6 Å². The van der Waals surface area contributed by atoms with Crippen molar-refractivity contribution in [2.75, 3.05) is 6.61 Å². The lowest BCUT2D eigenvalue weighted by atomic mass is 10.2. The van der Waals surface area contributed by atoms with Gasteiger partial charge in [-0.1, -0.05) is 0 Å². The number of hydrogen-bond donors (Lipinski definition) is 2. The van der Waals surface area contributed by atoms with Crippen molar-refractivity contribution in [3.05, 3.63) is 29.1 Å². The lowest BCUT2D eigenvalue weighted by Gasteiger charge is -2.15. The molecule has 3 heterocycles. The van der Waals surface area contributed by atoms with Gasteiger partial charge in [0.1, 0.15) is 6.33 Å². The summed E-state index contributed by atoms with van der Waals surface area (Å²) in [7, 11) is 0. The third kappa shape index (κ3) is 3.00. The zero-order valence-electron chi connectivity index (χ0n) is 11.0. The average Bonchev–Trinajstić information content (AvgIpc) is 3.03. The maximum atomic E-state index is 12.2. The van der Waals surface area contributed by atoms with Crippen LogP contribution in [-0.4, -0.2) is 47.4 Å². The number of rotatable bonds is 4. The van der Waals surface area contributed by atoms with E-state index in [2.05, 4.69) is 26.4 Å². The van der Waals surface area contributed by atoms with Gasteiger partial charge in [0.05, 0.1) is 12.7 Å². The highest BCUT2D eigenvalue weighted by Gasteiger charge is 2.36. The van der Waals surface area contributed by atoms with Gasteiger partial charge in [-0.25, -0.2) is 9.50 Å². The molecule has 0 radical (unpaired) electrons. The van der Waals surface area contributed by atoms with E-state index < -0.39 is 24.6 Å². The van der Waals surface area contributed by atoms with Crippen LogP contribution in [0.4, 0.5) is 0 Å². The fourth-order valence-electron chi connectivity index (χ4n) is 2.12. The van der Waals surface area contributed by atoms with E-state index >= 15 is 0 Å². The summed E-state index contributed by atoms with van der Waals surface area (Å²) in [5.74, 6) is -0.349. The molecule has 1 aliphatic rings. The quantitative estimate of drug-likeness (QED) is 0.668. The van der Waals surface area contributed by atoms with E-state index in [1.54, 1.807) is 0 Å². The summed E-state index contributed by atoms with van der Waals surface area (Å²) in [5.41, 5.74) is -0.450. The van der Waals surface area contributed by atoms with Gasteiger partial charge in [-0.15, -0.1) is 0 Å². The van der Waals surface area contributed by atoms with Gasteiger partial charge in [0.25, 0.3) is 5.56 Å². The van der Waals surface area contributed by atoms with Crippen LogP contribution in [-0.2, 0) is 25.9 Å². The molecular formula is C10H11N4O6PS. The maximum Gasteiger partial charge on any atom is 0.321 e. The van der Waals surface area contributed by atoms with Gasteiger partial charge in [-0.3, -0.25) is 14.2 Å². The Kier molecular flexibility index (Phi) is 3.93. The van der Waals surface area contributed by atoms with Crippen LogP contribution in [0.2, 0.25) is 0 Å². The first-order valence-electron chi connectivity index (χ1n) is 6.14. The van der Waals surface area contributed by atoms with Crippen molar-refractivity contribution in [3.63, 3.8) is 0 Å². The number of fused-ring (bicyclic) bond motifs is 1. The van der Waals surface area contributed by atoms with Crippen molar-refractivity contribution in [1.82, 2.24) is 19.2 Å². The number of imidazole rings is 1. The van der Waals surface area contributed by atoms with E-state index in [1.165, 1.54) is 23.2 Å². The average molecular weight is 346 g/mol. The minimum absolute atomic E-state index is 0.0357. The van der Waals surface area contributed by atoms with Crippen molar-refractivity contribution in [2.45, 2.75) is 18.8 Å². The van der Waals surface area contributed by atoms with Gasteiger partial charge in [-0.2, -0.15) is 5.10 Å². The smallest absolute Gasteiger partial charge is 0.321 e. The molecule has 2 aromatic heterocycles. The molecule has 22 heavy (non-hydrogen) atoms. The number of Topliss-reactive ketones (excluding diaryl/α,β-unsaturated/α-hetero) is 1. The number of ether oxygens (including phenoxy) is 1. The lowest BCUT2D eigenvalue weighted by molar-refractivity contribution is -0.127. The van der Waals surface area contributed by atoms with E-state index in [9.17, 15) is 9.59 Å². The summed E-state index contributed by atoms with van der Waals surface area (Å²) in [6, 6.07) is 0. The standard InChI is InChI=1S/C10H11N4O6PS/c15-7-3-6(4-19-21(17,18)22)20-10(7)13-5-12-14-2-1-11-8(14)9(13)16/h1-2,5-6,10H,3-4H2,(H2,17,18,22)/t6-,10+/m0/s1. The van der Waals surface area contributed by atoms with Gasteiger partial charge in [0.15, 0.2) is 12.0 Å². The highest BCUT2D eigenvalue weighted by molar-refractivity contribution is 8.06. The highest BCUT2D eigenvalue weighted by Crippen LogP contribution is 2.37. The van der Waals surface area contributed by atoms with Gasteiger partial charge < -0.3 is 19.0 Å². The van der Waals surface area contributed by atoms with Crippen molar-refractivity contribution >= 4 is 30.0 Å². The van der Waals surface area contributed by atoms with Crippen LogP contribution in [0.3, 0.4) is 0 Å². The van der Waals surface area contributed by atoms with Crippen molar-refractivity contribution in [3.8, 4) is 0 Å². The zero-order chi connectivity index (χ0) is 15.9. The van der Waals surface area contributed by atoms with Crippen molar-refractivity contribution in [2.24, 2.45) is 0 Å². The number of aromatic nitrogens is 4. The molecule has 0 bridgehead atoms. The van der Waals surface area contributed by atoms with Crippen LogP contribution < -0.4 is 5.56 Å². The Morgan fingerprint density at radius 3 is 3.00 bits per heavy atom. The number of carbonyl (C=O) groups excluding carboxylic acids is 1. The molecule has 1 fully saturated rings. The molecule has 12 heteroatoms. The summed E-state index contributed by atoms with van der Waals surface area (Å²) in [4.78, 5) is 46.1. The molecule has 1 aliphatic heterocycles. The Morgan fingerprint density at radius 2 is 2.27 bits per heavy atom. The summed E-state index contributed by atoms with van der Waals surface area (Å²) < 4.78 is 12.4. The Labute approximate surface area is 128 Å². The number of ketones is 1. The Balaban J connectivity index is 1.82. The molecular weight excluding hydrogens is 335 g/mol. The van der Waals surface area contributed by atoms with Gasteiger partial charge in [0, 0.05) is 18.8 Å². The molecule has 2 N–H and O–H groups in total. The van der Waals surface area contributed by atoms with Gasteiger partial charge in [-0.05, 0) is 11.8 Å². The first kappa shape index (κ1) is 15.4. The summed E-state index contributed by atoms with van der Waals surface area (Å²) in [6.07, 6.45) is 2.20. The minimum Gasteiger partial charge on any atom is -0.344 e. The molecule has 0 saturated carbocycles. The van der Waals surface area contributed by atoms with Crippen LogP contribution >= 0.6 is 6.72 Å². The van der Waals surface area contributed by atoms with E-state index in [4.69, 9.17) is 14.5 Å². The van der Waals surface area contributed by atoms with E-state index in [0.717, 1.165) is 4.57 Å². The fourth-order valence-corrected chi connectivity index (χ4v) is 2.66. The molecule has 2 aromatic rings. The molecule has 10 nitrogen and oxygen atoms in total. The first-order valence-corrected chi connectivity index (χ1v) is 8.76. The van der Waals surface area contributed by atoms with Crippen LogP contribution in [0.25, 0.3) is 5.65 Å². The summed E-state index contributed by atoms with van der Waals surface area (Å²) in [5, 5.41) is 3.95. The normalized spacial score (nSPS) is 22.5. The maximum absolute atomic E-state index is 12.2. The monoisotopic (exact) mass is 346 g/mol. The second kappa shape index (κ2) is 5.61. The van der Waals surface area contributed by atoms with Crippen molar-refractivity contribution < 1.29 is 23.8 Å². The number of hydrogen-bond acceptors (Lipinski definition) is 7. The Morgan fingerprint density at radius 1 is 1.50 bits per heavy atom. The van der Waals surface area contributed by atoms with Gasteiger partial charge >= 0.3 is 6.72 Å². The minimum atomic E-state index is -3.82. The molecule has 0 unspecified atom stereocenters. The number of carbonyl (C=O) groups is 1. The highest BCUT2D eigenvalue weighted by atomic mass is 32.5. The zero-order valence-corrected chi connectivity index (χ0v) is 12.7. The Hall–Kier alpha value is -1.49. The first-order chi connectivity index (χ1) is 10.3. The second-order valence-electron chi connectivity index (χ2n) is 4.61. The second-order valence-corrected chi connectivity index (χ2v) is 7.27. The molecule has 1 saturated heterocycles. The molecule has 2 atom stereocenters. The molecule has 0 spiro atoms. The largest absolute Gasteiger partial charge is 0.344 e. The lowest BCUT2D eigenvalue weighted by Crippen LogP contribution is -2.30. The predicted octanol–water partition coefficient (Wildman–Crippen LogP) is -1.03. The number of nitrogens with zero attached hydrogens (tertiary/aromatic N) is 4. The van der Waals surface area contributed by atoms with Crippen LogP contribution in [0.15, 0.2) is 23.5 Å². The Bertz CT molecular complexity index is 828. The third-order valence-electron chi connectivity index (χ3n) is 3.05. The van der Waals surface area contributed by atoms with E-state index in [0.29, 0.717) is 0 Å². The summed E-state index contributed by atoms with van der Waals surface area (Å²) >= 11 is 4.32. The van der Waals surface area contributed by atoms with Crippen LogP contribution in [0.5, 0.6) is 0 Å². The fraction of sp³-hybridized carbons (Fsp3) is 0.400. The third-order valence-corrected chi connectivity index (χ3v) is 3.86. The van der Waals surface area contributed by atoms with Gasteiger partial charge in [0.2, 0.25) is 5.65 Å². The van der Waals surface area contributed by atoms with Crippen LogP contribution in [0, 0.1) is 0 Å². The molecule has 3 rings (SSSR count). The van der Waals surface area contributed by atoms with E-state index in [1.807, 2.05) is 0 Å². The molecule has 118 valence electrons. The molecule has 0 aromatic carbocycles.